The highest BCUT2D eigenvalue weighted by atomic mass is 32.1. The van der Waals surface area contributed by atoms with Gasteiger partial charge in [0, 0.05) is 10.8 Å². The molecule has 1 heterocycles. The summed E-state index contributed by atoms with van der Waals surface area (Å²) in [4.78, 5) is 25.7. The quantitative estimate of drug-likeness (QED) is 0.899. The highest BCUT2D eigenvalue weighted by Gasteiger charge is 2.43. The Bertz CT molecular complexity index is 637. The van der Waals surface area contributed by atoms with Gasteiger partial charge in [-0.1, -0.05) is 6.42 Å². The second kappa shape index (κ2) is 5.37. The number of nitrogens with two attached hydrogens (primary N) is 1. The number of rotatable bonds is 3. The van der Waals surface area contributed by atoms with Crippen LogP contribution in [0.2, 0.25) is 0 Å². The van der Waals surface area contributed by atoms with Crippen molar-refractivity contribution in [1.82, 2.24) is 0 Å². The first-order valence-electron chi connectivity index (χ1n) is 8.38. The lowest BCUT2D eigenvalue weighted by molar-refractivity contribution is -0.121. The smallest absolute Gasteiger partial charge is 0.251 e. The maximum absolute atomic E-state index is 12.6. The van der Waals surface area contributed by atoms with Gasteiger partial charge in [-0.3, -0.25) is 9.59 Å². The van der Waals surface area contributed by atoms with E-state index in [4.69, 9.17) is 5.73 Å². The molecule has 118 valence electrons. The first-order chi connectivity index (χ1) is 10.6. The molecular weight excluding hydrogens is 296 g/mol. The number of nitrogens with one attached hydrogen (secondary N) is 1. The number of fused-ring (bicyclic) bond motifs is 3. The third-order valence-corrected chi connectivity index (χ3v) is 6.94. The van der Waals surface area contributed by atoms with Gasteiger partial charge in [-0.25, -0.2) is 0 Å². The van der Waals surface area contributed by atoms with Crippen LogP contribution in [0.1, 0.15) is 59.3 Å². The minimum absolute atomic E-state index is 0.105. The monoisotopic (exact) mass is 318 g/mol. The van der Waals surface area contributed by atoms with Crippen molar-refractivity contribution in [2.45, 2.75) is 51.4 Å². The molecule has 3 N–H and O–H groups in total. The van der Waals surface area contributed by atoms with E-state index in [1.807, 2.05) is 0 Å². The molecule has 22 heavy (non-hydrogen) atoms. The fraction of sp³-hybridized carbons (Fsp3) is 0.647. The summed E-state index contributed by atoms with van der Waals surface area (Å²) >= 11 is 1.56. The SMILES string of the molecule is NC(=O)c1c(NC(=O)[C@@H]2C[C@H]3CC[C@H]2C3)sc2c1CCCC2. The standard InChI is InChI=1S/C17H22N2O2S/c18-15(20)14-11-3-1-2-4-13(11)22-17(14)19-16(21)12-8-9-5-6-10(12)7-9/h9-10,12H,1-8H2,(H2,18,20)(H,19,21)/t9-,10-,12+/m0/s1. The van der Waals surface area contributed by atoms with Crippen LogP contribution in [0.25, 0.3) is 0 Å². The zero-order chi connectivity index (χ0) is 15.3. The van der Waals surface area contributed by atoms with Crippen molar-refractivity contribution in [2.75, 3.05) is 5.32 Å². The first-order valence-corrected chi connectivity index (χ1v) is 9.20. The fourth-order valence-electron chi connectivity index (χ4n) is 4.69. The van der Waals surface area contributed by atoms with Crippen molar-refractivity contribution >= 4 is 28.2 Å². The highest BCUT2D eigenvalue weighted by Crippen LogP contribution is 2.49. The van der Waals surface area contributed by atoms with Crippen molar-refractivity contribution in [3.8, 4) is 0 Å². The van der Waals surface area contributed by atoms with E-state index in [1.54, 1.807) is 11.3 Å². The van der Waals surface area contributed by atoms with Gasteiger partial charge in [-0.2, -0.15) is 0 Å². The lowest BCUT2D eigenvalue weighted by Gasteiger charge is -2.20. The molecular formula is C17H22N2O2S. The molecule has 0 unspecified atom stereocenters. The van der Waals surface area contributed by atoms with E-state index in [1.165, 1.54) is 24.1 Å². The lowest BCUT2D eigenvalue weighted by atomic mass is 9.88. The molecule has 2 saturated carbocycles. The van der Waals surface area contributed by atoms with E-state index in [2.05, 4.69) is 5.32 Å². The zero-order valence-corrected chi connectivity index (χ0v) is 13.5. The third-order valence-electron chi connectivity index (χ3n) is 5.73. The average Bonchev–Trinajstić information content (AvgIpc) is 3.19. The summed E-state index contributed by atoms with van der Waals surface area (Å²) in [6.45, 7) is 0. The third kappa shape index (κ3) is 2.26. The van der Waals surface area contributed by atoms with Crippen molar-refractivity contribution in [2.24, 2.45) is 23.5 Å². The predicted octanol–water partition coefficient (Wildman–Crippen LogP) is 3.10. The van der Waals surface area contributed by atoms with Gasteiger partial charge < -0.3 is 11.1 Å². The molecule has 4 nitrogen and oxygen atoms in total. The number of amides is 2. The summed E-state index contributed by atoms with van der Waals surface area (Å²) in [5.74, 6) is 1.14. The van der Waals surface area contributed by atoms with Crippen molar-refractivity contribution < 1.29 is 9.59 Å². The number of carbonyl (C=O) groups excluding carboxylic acids is 2. The van der Waals surface area contributed by atoms with Crippen molar-refractivity contribution in [1.29, 1.82) is 0 Å². The van der Waals surface area contributed by atoms with E-state index in [0.29, 0.717) is 16.5 Å². The molecule has 0 saturated heterocycles. The molecule has 2 bridgehead atoms. The summed E-state index contributed by atoms with van der Waals surface area (Å²) in [6.07, 6.45) is 8.88. The van der Waals surface area contributed by atoms with Crippen LogP contribution in [0, 0.1) is 17.8 Å². The summed E-state index contributed by atoms with van der Waals surface area (Å²) < 4.78 is 0. The molecule has 0 aliphatic heterocycles. The maximum atomic E-state index is 12.6. The largest absolute Gasteiger partial charge is 0.365 e. The number of thiophene rings is 1. The normalized spacial score (nSPS) is 29.4. The second-order valence-electron chi connectivity index (χ2n) is 7.05. The maximum Gasteiger partial charge on any atom is 0.251 e. The Kier molecular flexibility index (Phi) is 3.48. The molecule has 2 fully saturated rings. The van der Waals surface area contributed by atoms with Crippen LogP contribution >= 0.6 is 11.3 Å². The molecule has 0 aromatic carbocycles. The number of hydrogen-bond donors (Lipinski definition) is 2. The van der Waals surface area contributed by atoms with E-state index in [0.717, 1.165) is 43.6 Å². The predicted molar refractivity (Wildman–Crippen MR) is 87.0 cm³/mol. The van der Waals surface area contributed by atoms with E-state index >= 15 is 0 Å². The van der Waals surface area contributed by atoms with E-state index in [9.17, 15) is 9.59 Å². The molecule has 1 aromatic heterocycles. The number of anilines is 1. The first kappa shape index (κ1) is 14.2. The molecule has 3 atom stereocenters. The van der Waals surface area contributed by atoms with Gasteiger partial charge in [-0.15, -0.1) is 11.3 Å². The van der Waals surface area contributed by atoms with Gasteiger partial charge in [-0.05, 0) is 62.3 Å². The van der Waals surface area contributed by atoms with Gasteiger partial charge >= 0.3 is 0 Å². The Balaban J connectivity index is 1.58. The number of hydrogen-bond acceptors (Lipinski definition) is 3. The van der Waals surface area contributed by atoms with Gasteiger partial charge in [0.1, 0.15) is 5.00 Å². The molecule has 2 amide bonds. The van der Waals surface area contributed by atoms with Crippen LogP contribution in [0.15, 0.2) is 0 Å². The molecule has 0 radical (unpaired) electrons. The molecule has 3 aliphatic carbocycles. The van der Waals surface area contributed by atoms with Crippen molar-refractivity contribution in [3.05, 3.63) is 16.0 Å². The Labute approximate surface area is 134 Å². The summed E-state index contributed by atoms with van der Waals surface area (Å²) in [6, 6.07) is 0. The van der Waals surface area contributed by atoms with E-state index in [-0.39, 0.29) is 11.8 Å². The fourth-order valence-corrected chi connectivity index (χ4v) is 5.98. The van der Waals surface area contributed by atoms with E-state index < -0.39 is 5.91 Å². The summed E-state index contributed by atoms with van der Waals surface area (Å²) in [7, 11) is 0. The van der Waals surface area contributed by atoms with Gasteiger partial charge in [0.05, 0.1) is 5.56 Å². The minimum Gasteiger partial charge on any atom is -0.365 e. The second-order valence-corrected chi connectivity index (χ2v) is 8.16. The summed E-state index contributed by atoms with van der Waals surface area (Å²) in [5.41, 5.74) is 7.26. The van der Waals surface area contributed by atoms with Crippen LogP contribution in [0.3, 0.4) is 0 Å². The highest BCUT2D eigenvalue weighted by molar-refractivity contribution is 7.17. The number of carbonyl (C=O) groups is 2. The molecule has 4 rings (SSSR count). The number of aryl methyl sites for hydroxylation is 1. The lowest BCUT2D eigenvalue weighted by Crippen LogP contribution is -2.28. The van der Waals surface area contributed by atoms with Crippen LogP contribution in [0.5, 0.6) is 0 Å². The Morgan fingerprint density at radius 3 is 2.64 bits per heavy atom. The van der Waals surface area contributed by atoms with Crippen LogP contribution < -0.4 is 11.1 Å². The average molecular weight is 318 g/mol. The molecule has 3 aliphatic rings. The van der Waals surface area contributed by atoms with Gasteiger partial charge in [0.15, 0.2) is 0 Å². The zero-order valence-electron chi connectivity index (χ0n) is 12.7. The van der Waals surface area contributed by atoms with Crippen LogP contribution in [-0.2, 0) is 17.6 Å². The Morgan fingerprint density at radius 1 is 1.14 bits per heavy atom. The minimum atomic E-state index is -0.400. The molecule has 0 spiro atoms. The molecule has 5 heteroatoms. The van der Waals surface area contributed by atoms with Crippen molar-refractivity contribution in [3.63, 3.8) is 0 Å². The Hall–Kier alpha value is -1.36. The van der Waals surface area contributed by atoms with Crippen LogP contribution in [-0.4, -0.2) is 11.8 Å². The topological polar surface area (TPSA) is 72.2 Å². The molecule has 1 aromatic rings. The Morgan fingerprint density at radius 2 is 1.95 bits per heavy atom. The number of primary amides is 1. The van der Waals surface area contributed by atoms with Crippen LogP contribution in [0.4, 0.5) is 5.00 Å². The summed E-state index contributed by atoms with van der Waals surface area (Å²) in [5, 5.41) is 3.76. The van der Waals surface area contributed by atoms with Gasteiger partial charge in [0.2, 0.25) is 5.91 Å². The van der Waals surface area contributed by atoms with Gasteiger partial charge in [0.25, 0.3) is 5.91 Å².